The average molecular weight is 837 g/mol. The van der Waals surface area contributed by atoms with Crippen molar-refractivity contribution < 1.29 is 47.1 Å². The van der Waals surface area contributed by atoms with Crippen molar-refractivity contribution in [3.63, 3.8) is 0 Å². The zero-order valence-electron chi connectivity index (χ0n) is 11.9. The molecule has 0 aromatic heterocycles. The zero-order chi connectivity index (χ0) is 18.6. The van der Waals surface area contributed by atoms with Crippen LogP contribution in [0, 0.1) is 14.3 Å². The number of rotatable bonds is 2. The Labute approximate surface area is 207 Å². The third-order valence-electron chi connectivity index (χ3n) is 2.55. The van der Waals surface area contributed by atoms with Gasteiger partial charge in [0.2, 0.25) is 0 Å². The maximum Gasteiger partial charge on any atom is 2.00 e. The van der Waals surface area contributed by atoms with Crippen LogP contribution in [0.2, 0.25) is 0 Å². The predicted octanol–water partition coefficient (Wildman–Crippen LogP) is 2.93. The Balaban J connectivity index is 0.000000443. The van der Waals surface area contributed by atoms with Crippen molar-refractivity contribution in [1.82, 2.24) is 0 Å². The number of phenolic OH excluding ortho intramolecular Hbond substituents is 2. The number of hydrogen-bond donors (Lipinski definition) is 2. The summed E-state index contributed by atoms with van der Waals surface area (Å²) in [7, 11) is 0. The first kappa shape index (κ1) is 25.4. The Morgan fingerprint density at radius 1 is 0.720 bits per heavy atom. The second-order valence-electron chi connectivity index (χ2n) is 4.23. The predicted molar refractivity (Wildman–Crippen MR) is 123 cm³/mol. The van der Waals surface area contributed by atoms with E-state index in [1.807, 2.05) is 90.4 Å². The van der Waals surface area contributed by atoms with E-state index in [2.05, 4.69) is 0 Å². The van der Waals surface area contributed by atoms with Crippen LogP contribution >= 0.6 is 90.4 Å². The monoisotopic (exact) mass is 837 g/mol. The molecule has 6 nitrogen and oxygen atoms in total. The van der Waals surface area contributed by atoms with E-state index in [0.29, 0.717) is 7.14 Å². The Hall–Kier alpha value is 0.419. The second-order valence-corrected chi connectivity index (χ2v) is 9.04. The molecule has 0 heterocycles. The quantitative estimate of drug-likeness (QED) is 0.275. The van der Waals surface area contributed by atoms with Gasteiger partial charge in [0.1, 0.15) is 11.5 Å². The van der Waals surface area contributed by atoms with Crippen LogP contribution in [0.5, 0.6) is 11.5 Å². The molecule has 0 saturated heterocycles. The third-order valence-corrected chi connectivity index (χ3v) is 5.44. The van der Waals surface area contributed by atoms with Crippen molar-refractivity contribution in [3.05, 3.63) is 49.7 Å². The maximum atomic E-state index is 10.7. The molecule has 0 spiro atoms. The molecule has 2 aromatic rings. The summed E-state index contributed by atoms with van der Waals surface area (Å²) in [6.45, 7) is 0. The molecule has 0 amide bonds. The van der Waals surface area contributed by atoms with Gasteiger partial charge in [-0.2, -0.15) is 0 Å². The second kappa shape index (κ2) is 11.3. The largest absolute Gasteiger partial charge is 2.00 e. The van der Waals surface area contributed by atoms with Gasteiger partial charge in [0.25, 0.3) is 0 Å². The van der Waals surface area contributed by atoms with Gasteiger partial charge in [-0.25, -0.2) is 0 Å². The Bertz CT molecular complexity index is 745. The van der Waals surface area contributed by atoms with Gasteiger partial charge in [0.15, 0.2) is 11.1 Å². The van der Waals surface area contributed by atoms with Gasteiger partial charge in [-0.05, 0) is 115 Å². The van der Waals surface area contributed by atoms with Crippen LogP contribution in [0.15, 0.2) is 24.3 Å². The van der Waals surface area contributed by atoms with Gasteiger partial charge >= 0.3 is 29.0 Å². The summed E-state index contributed by atoms with van der Waals surface area (Å²) < 4.78 is 2.86. The van der Waals surface area contributed by atoms with Crippen molar-refractivity contribution in [2.75, 3.05) is 0 Å². The van der Waals surface area contributed by atoms with E-state index in [9.17, 15) is 19.8 Å². The number of carbonyl (C=O) groups excluding carboxylic acids is 2. The van der Waals surface area contributed by atoms with E-state index in [1.54, 1.807) is 12.1 Å². The minimum Gasteiger partial charge on any atom is -0.561 e. The molecule has 133 valence electrons. The molecule has 0 aliphatic rings. The van der Waals surface area contributed by atoms with Crippen LogP contribution in [0.1, 0.15) is 20.7 Å². The van der Waals surface area contributed by atoms with Crippen molar-refractivity contribution in [2.45, 2.75) is 0 Å². The summed E-state index contributed by atoms with van der Waals surface area (Å²) in [5.74, 6) is -1.92. The van der Waals surface area contributed by atoms with E-state index in [4.69, 9.17) is 10.2 Å². The van der Waals surface area contributed by atoms with E-state index < -0.39 is 11.9 Å². The molecule has 6 N–H and O–H groups in total. The Morgan fingerprint density at radius 2 is 1.00 bits per heavy atom. The van der Waals surface area contributed by atoms with Crippen molar-refractivity contribution in [3.8, 4) is 11.5 Å². The topological polar surface area (TPSA) is 120 Å². The standard InChI is InChI=1S/2C7H4I2O3.Mn/c2*8-3-1-4(7(11)12)6(10)5(9)2-3;/h2*1-2,10H,(H,11,12);/q;;+2/p+2. The third kappa shape index (κ3) is 7.51. The van der Waals surface area contributed by atoms with Crippen LogP contribution in [-0.4, -0.2) is 32.4 Å². The SMILES string of the molecule is O=C([OH2+])c1cc(I)cc(I)c1O.O=C([OH2+])c1cc(I)cc(I)c1O.[Mn+2]. The fourth-order valence-electron chi connectivity index (χ4n) is 1.48. The molecule has 0 saturated carbocycles. The van der Waals surface area contributed by atoms with Gasteiger partial charge in [-0.15, -0.1) is 0 Å². The van der Waals surface area contributed by atoms with Gasteiger partial charge in [-0.3, -0.25) is 0 Å². The zero-order valence-corrected chi connectivity index (χ0v) is 21.7. The Morgan fingerprint density at radius 3 is 1.24 bits per heavy atom. The molecule has 11 heteroatoms. The minimum atomic E-state index is -0.857. The number of phenols is 2. The molecule has 2 aromatic carbocycles. The van der Waals surface area contributed by atoms with Crippen molar-refractivity contribution in [2.24, 2.45) is 0 Å². The molecule has 0 fully saturated rings. The van der Waals surface area contributed by atoms with Gasteiger partial charge in [0, 0.05) is 16.7 Å². The summed E-state index contributed by atoms with van der Waals surface area (Å²) in [4.78, 5) is 21.3. The average Bonchev–Trinajstić information content (AvgIpc) is 2.46. The summed E-state index contributed by atoms with van der Waals surface area (Å²) in [5.41, 5.74) is 0.123. The molecule has 0 aliphatic heterocycles. The number of aromatic hydroxyl groups is 2. The molecular formula is C14H10I4MnO6+4. The maximum absolute atomic E-state index is 10.7. The fourth-order valence-corrected chi connectivity index (χ4v) is 5.17. The first-order chi connectivity index (χ1) is 11.0. The molecule has 2 rings (SSSR count). The summed E-state index contributed by atoms with van der Waals surface area (Å²) in [5, 5.41) is 32.4. The van der Waals surface area contributed by atoms with Crippen LogP contribution in [0.25, 0.3) is 0 Å². The first-order valence-electron chi connectivity index (χ1n) is 5.92. The van der Waals surface area contributed by atoms with E-state index in [1.165, 1.54) is 12.1 Å². The van der Waals surface area contributed by atoms with E-state index >= 15 is 0 Å². The first-order valence-corrected chi connectivity index (χ1v) is 10.2. The van der Waals surface area contributed by atoms with Crippen LogP contribution in [-0.2, 0) is 17.1 Å². The van der Waals surface area contributed by atoms with E-state index in [0.717, 1.165) is 7.14 Å². The molecule has 0 bridgehead atoms. The summed E-state index contributed by atoms with van der Waals surface area (Å²) in [6.07, 6.45) is 0. The van der Waals surface area contributed by atoms with Crippen LogP contribution in [0.3, 0.4) is 0 Å². The number of benzene rings is 2. The van der Waals surface area contributed by atoms with Gasteiger partial charge in [0.05, 0.1) is 7.14 Å². The van der Waals surface area contributed by atoms with Crippen molar-refractivity contribution >= 4 is 102 Å². The number of carbonyl (C=O) groups is 2. The van der Waals surface area contributed by atoms with E-state index in [-0.39, 0.29) is 39.7 Å². The molecule has 0 atom stereocenters. The number of halogens is 4. The fraction of sp³-hybridized carbons (Fsp3) is 0. The summed E-state index contributed by atoms with van der Waals surface area (Å²) in [6, 6.07) is 6.46. The van der Waals surface area contributed by atoms with Crippen LogP contribution < -0.4 is 0 Å². The molecular weight excluding hydrogens is 827 g/mol. The minimum absolute atomic E-state index is 0. The smallest absolute Gasteiger partial charge is 0.561 e. The molecule has 1 radical (unpaired) electrons. The molecule has 0 aliphatic carbocycles. The molecule has 25 heavy (non-hydrogen) atoms. The van der Waals surface area contributed by atoms with Gasteiger partial charge < -0.3 is 20.4 Å². The molecule has 0 unspecified atom stereocenters. The summed E-state index contributed by atoms with van der Waals surface area (Å²) >= 11 is 7.90. The Kier molecular flexibility index (Phi) is 11.5. The van der Waals surface area contributed by atoms with Gasteiger partial charge in [-0.1, -0.05) is 0 Å². The number of hydrogen-bond acceptors (Lipinski definition) is 4. The van der Waals surface area contributed by atoms with Crippen molar-refractivity contribution in [1.29, 1.82) is 0 Å². The van der Waals surface area contributed by atoms with Crippen LogP contribution in [0.4, 0.5) is 0 Å². The normalized spacial score (nSPS) is 9.44.